The molecule has 1 aliphatic rings. The van der Waals surface area contributed by atoms with Gasteiger partial charge < -0.3 is 15.0 Å². The third-order valence-electron chi connectivity index (χ3n) is 4.26. The van der Waals surface area contributed by atoms with Gasteiger partial charge in [0.2, 0.25) is 5.91 Å². The fourth-order valence-electron chi connectivity index (χ4n) is 2.81. The molecule has 0 spiro atoms. The molecule has 23 heavy (non-hydrogen) atoms. The van der Waals surface area contributed by atoms with Crippen molar-refractivity contribution in [3.8, 4) is 11.8 Å². The predicted molar refractivity (Wildman–Crippen MR) is 88.9 cm³/mol. The van der Waals surface area contributed by atoms with E-state index in [1.54, 1.807) is 0 Å². The maximum Gasteiger partial charge on any atom is 0.240 e. The van der Waals surface area contributed by atoms with Gasteiger partial charge in [-0.2, -0.15) is 5.26 Å². The summed E-state index contributed by atoms with van der Waals surface area (Å²) in [5, 5.41) is 12.2. The number of nitrogens with zero attached hydrogens (tertiary/aromatic N) is 2. The maximum atomic E-state index is 12.3. The van der Waals surface area contributed by atoms with E-state index in [0.29, 0.717) is 26.0 Å². The summed E-state index contributed by atoms with van der Waals surface area (Å²) < 4.78 is 5.70. The Morgan fingerprint density at radius 3 is 2.78 bits per heavy atom. The van der Waals surface area contributed by atoms with Gasteiger partial charge in [-0.05, 0) is 44.6 Å². The lowest BCUT2D eigenvalue weighted by molar-refractivity contribution is -0.128. The van der Waals surface area contributed by atoms with E-state index < -0.39 is 5.41 Å². The molecule has 0 aliphatic heterocycles. The minimum Gasteiger partial charge on any atom is -0.492 e. The average molecular weight is 315 g/mol. The lowest BCUT2D eigenvalue weighted by Gasteiger charge is -2.19. The van der Waals surface area contributed by atoms with Crippen LogP contribution in [-0.4, -0.2) is 38.1 Å². The highest BCUT2D eigenvalue weighted by molar-refractivity contribution is 5.85. The summed E-state index contributed by atoms with van der Waals surface area (Å²) in [5.41, 5.74) is 0.159. The highest BCUT2D eigenvalue weighted by Gasteiger charge is 2.41. The Balaban J connectivity index is 1.88. The van der Waals surface area contributed by atoms with Gasteiger partial charge in [0.1, 0.15) is 17.8 Å². The summed E-state index contributed by atoms with van der Waals surface area (Å²) >= 11 is 0. The first-order valence-corrected chi connectivity index (χ1v) is 8.12. The zero-order valence-electron chi connectivity index (χ0n) is 14.0. The Kier molecular flexibility index (Phi) is 6.00. The predicted octanol–water partition coefficient (Wildman–Crippen LogP) is 2.33. The van der Waals surface area contributed by atoms with Gasteiger partial charge in [0.05, 0.1) is 6.07 Å². The Hall–Kier alpha value is -2.06. The Bertz CT molecular complexity index is 572. The van der Waals surface area contributed by atoms with Crippen molar-refractivity contribution in [2.75, 3.05) is 27.2 Å². The van der Waals surface area contributed by atoms with Crippen LogP contribution >= 0.6 is 0 Å². The van der Waals surface area contributed by atoms with Crippen molar-refractivity contribution >= 4 is 5.91 Å². The van der Waals surface area contributed by atoms with Gasteiger partial charge in [0.15, 0.2) is 0 Å². The van der Waals surface area contributed by atoms with E-state index in [4.69, 9.17) is 4.74 Å². The summed E-state index contributed by atoms with van der Waals surface area (Å²) in [6.07, 6.45) is 3.25. The third kappa shape index (κ3) is 4.70. The van der Waals surface area contributed by atoms with Crippen molar-refractivity contribution in [1.29, 1.82) is 5.26 Å². The summed E-state index contributed by atoms with van der Waals surface area (Å²) in [5.74, 6) is 0.658. The second-order valence-electron chi connectivity index (χ2n) is 6.38. The monoisotopic (exact) mass is 315 g/mol. The van der Waals surface area contributed by atoms with E-state index in [-0.39, 0.29) is 5.91 Å². The van der Waals surface area contributed by atoms with Gasteiger partial charge in [0.25, 0.3) is 0 Å². The van der Waals surface area contributed by atoms with Gasteiger partial charge in [0, 0.05) is 13.1 Å². The van der Waals surface area contributed by atoms with Crippen molar-refractivity contribution < 1.29 is 9.53 Å². The molecule has 2 rings (SSSR count). The van der Waals surface area contributed by atoms with Crippen LogP contribution in [-0.2, 0) is 11.3 Å². The van der Waals surface area contributed by atoms with Crippen LogP contribution in [0.4, 0.5) is 0 Å². The zero-order chi connectivity index (χ0) is 16.7. The Morgan fingerprint density at radius 1 is 1.39 bits per heavy atom. The van der Waals surface area contributed by atoms with Crippen molar-refractivity contribution in [1.82, 2.24) is 10.2 Å². The highest BCUT2D eigenvalue weighted by atomic mass is 16.5. The molecule has 5 nitrogen and oxygen atoms in total. The molecule has 1 N–H and O–H groups in total. The number of amides is 1. The first-order chi connectivity index (χ1) is 11.1. The number of nitriles is 1. The smallest absolute Gasteiger partial charge is 0.240 e. The zero-order valence-corrected chi connectivity index (χ0v) is 14.0. The normalized spacial score (nSPS) is 16.1. The van der Waals surface area contributed by atoms with Crippen LogP contribution in [0.15, 0.2) is 24.3 Å². The second kappa shape index (κ2) is 7.98. The van der Waals surface area contributed by atoms with Crippen LogP contribution in [0.2, 0.25) is 0 Å². The summed E-state index contributed by atoms with van der Waals surface area (Å²) in [4.78, 5) is 14.4. The molecule has 0 bridgehead atoms. The topological polar surface area (TPSA) is 65.4 Å². The lowest BCUT2D eigenvalue weighted by Crippen LogP contribution is -2.37. The van der Waals surface area contributed by atoms with Crippen molar-refractivity contribution in [3.05, 3.63) is 29.8 Å². The number of carbonyl (C=O) groups excluding carboxylic acids is 1. The fraction of sp³-hybridized carbons (Fsp3) is 0.556. The number of likely N-dealkylation sites (N-methyl/N-ethyl adjacent to an activating group) is 1. The van der Waals surface area contributed by atoms with Gasteiger partial charge in [-0.25, -0.2) is 0 Å². The molecule has 0 atom stereocenters. The van der Waals surface area contributed by atoms with E-state index in [1.807, 2.05) is 38.4 Å². The van der Waals surface area contributed by atoms with E-state index in [2.05, 4.69) is 16.3 Å². The van der Waals surface area contributed by atoms with Crippen molar-refractivity contribution in [2.24, 2.45) is 5.41 Å². The van der Waals surface area contributed by atoms with Crippen LogP contribution < -0.4 is 10.1 Å². The molecule has 1 amide bonds. The molecular formula is C18H25N3O2. The SMILES string of the molecule is CN(C)CCOc1cccc(CNC(=O)C2(C#N)CCCC2)c1. The number of carbonyl (C=O) groups is 1. The molecule has 1 aromatic carbocycles. The molecule has 0 heterocycles. The molecule has 0 unspecified atom stereocenters. The molecule has 0 saturated heterocycles. The first kappa shape index (κ1) is 17.3. The van der Waals surface area contributed by atoms with Gasteiger partial charge in [-0.3, -0.25) is 4.79 Å². The fourth-order valence-corrected chi connectivity index (χ4v) is 2.81. The Labute approximate surface area is 138 Å². The third-order valence-corrected chi connectivity index (χ3v) is 4.26. The van der Waals surface area contributed by atoms with Gasteiger partial charge >= 0.3 is 0 Å². The highest BCUT2D eigenvalue weighted by Crippen LogP contribution is 2.37. The van der Waals surface area contributed by atoms with Crippen LogP contribution in [0.5, 0.6) is 5.75 Å². The Morgan fingerprint density at radius 2 is 2.13 bits per heavy atom. The van der Waals surface area contributed by atoms with Crippen LogP contribution in [0.25, 0.3) is 0 Å². The maximum absolute atomic E-state index is 12.3. The quantitative estimate of drug-likeness (QED) is 0.838. The second-order valence-corrected chi connectivity index (χ2v) is 6.38. The summed E-state index contributed by atoms with van der Waals surface area (Å²) in [6.45, 7) is 1.90. The molecule has 1 aliphatic carbocycles. The number of ether oxygens (including phenoxy) is 1. The summed E-state index contributed by atoms with van der Waals surface area (Å²) in [7, 11) is 4.01. The van der Waals surface area contributed by atoms with E-state index in [9.17, 15) is 10.1 Å². The molecule has 1 fully saturated rings. The van der Waals surface area contributed by atoms with Crippen molar-refractivity contribution in [2.45, 2.75) is 32.2 Å². The lowest BCUT2D eigenvalue weighted by atomic mass is 9.87. The molecule has 5 heteroatoms. The first-order valence-electron chi connectivity index (χ1n) is 8.12. The number of nitrogens with one attached hydrogen (secondary N) is 1. The van der Waals surface area contributed by atoms with Gasteiger partial charge in [-0.15, -0.1) is 0 Å². The number of rotatable bonds is 7. The van der Waals surface area contributed by atoms with Crippen LogP contribution in [0.1, 0.15) is 31.2 Å². The number of hydrogen-bond acceptors (Lipinski definition) is 4. The number of hydrogen-bond donors (Lipinski definition) is 1. The van der Waals surface area contributed by atoms with Crippen molar-refractivity contribution in [3.63, 3.8) is 0 Å². The minimum atomic E-state index is -0.820. The molecule has 124 valence electrons. The molecule has 1 aromatic rings. The summed E-state index contributed by atoms with van der Waals surface area (Å²) in [6, 6.07) is 9.94. The average Bonchev–Trinajstić information content (AvgIpc) is 3.03. The molecule has 0 radical (unpaired) electrons. The van der Waals surface area contributed by atoms with Crippen LogP contribution in [0.3, 0.4) is 0 Å². The molecule has 0 aromatic heterocycles. The van der Waals surface area contributed by atoms with Gasteiger partial charge in [-0.1, -0.05) is 25.0 Å². The van der Waals surface area contributed by atoms with Crippen LogP contribution in [0, 0.1) is 16.7 Å². The van der Waals surface area contributed by atoms with E-state index in [0.717, 1.165) is 30.7 Å². The van der Waals surface area contributed by atoms with E-state index in [1.165, 1.54) is 0 Å². The minimum absolute atomic E-state index is 0.142. The standard InChI is InChI=1S/C18H25N3O2/c1-21(2)10-11-23-16-7-5-6-15(12-16)13-20-17(22)18(14-19)8-3-4-9-18/h5-7,12H,3-4,8-11,13H2,1-2H3,(H,20,22). The number of benzene rings is 1. The van der Waals surface area contributed by atoms with E-state index >= 15 is 0 Å². The molecular weight excluding hydrogens is 290 g/mol. The molecule has 1 saturated carbocycles. The largest absolute Gasteiger partial charge is 0.492 e.